The molecule has 2 N–H and O–H groups in total. The summed E-state index contributed by atoms with van der Waals surface area (Å²) in [5, 5.41) is 4.82. The summed E-state index contributed by atoms with van der Waals surface area (Å²) in [6, 6.07) is 2.08. The molecule has 1 aliphatic carbocycles. The Morgan fingerprint density at radius 3 is 3.24 bits per heavy atom. The largest absolute Gasteiger partial charge is 0.314 e. The van der Waals surface area contributed by atoms with Gasteiger partial charge in [-0.3, -0.25) is 4.79 Å². The van der Waals surface area contributed by atoms with E-state index < -0.39 is 0 Å². The molecule has 17 heavy (non-hydrogen) atoms. The van der Waals surface area contributed by atoms with E-state index in [0.717, 1.165) is 18.1 Å². The minimum atomic E-state index is -0.0680. The molecule has 2 unspecified atom stereocenters. The Labute approximate surface area is 106 Å². The maximum atomic E-state index is 11.2. The van der Waals surface area contributed by atoms with E-state index >= 15 is 0 Å². The number of hydrogen-bond acceptors (Lipinski definition) is 4. The fraction of sp³-hybridized carbons (Fsp3) is 0.667. The number of aromatic nitrogens is 2. The highest BCUT2D eigenvalue weighted by molar-refractivity contribution is 7.99. The summed E-state index contributed by atoms with van der Waals surface area (Å²) in [5.74, 6) is 0. The van der Waals surface area contributed by atoms with Crippen molar-refractivity contribution >= 4 is 11.8 Å². The summed E-state index contributed by atoms with van der Waals surface area (Å²) < 4.78 is 0. The molecule has 1 saturated carbocycles. The lowest BCUT2D eigenvalue weighted by Crippen LogP contribution is -2.34. The number of nitrogens with one attached hydrogen (secondary N) is 2. The molecule has 5 heteroatoms. The van der Waals surface area contributed by atoms with Gasteiger partial charge >= 0.3 is 0 Å². The molecular weight excluding hydrogens is 234 g/mol. The Kier molecular flexibility index (Phi) is 4.62. The monoisotopic (exact) mass is 253 g/mol. The summed E-state index contributed by atoms with van der Waals surface area (Å²) in [4.78, 5) is 18.1. The molecule has 1 aliphatic rings. The fourth-order valence-electron chi connectivity index (χ4n) is 2.30. The second-order valence-electron chi connectivity index (χ2n) is 4.40. The van der Waals surface area contributed by atoms with Gasteiger partial charge in [-0.25, -0.2) is 4.98 Å². The quantitative estimate of drug-likeness (QED) is 0.803. The second kappa shape index (κ2) is 6.21. The lowest BCUT2D eigenvalue weighted by molar-refractivity contribution is 0.387. The molecule has 4 nitrogen and oxygen atoms in total. The summed E-state index contributed by atoms with van der Waals surface area (Å²) in [6.45, 7) is 3.18. The number of H-pyrrole nitrogens is 1. The number of aromatic amines is 1. The third kappa shape index (κ3) is 3.85. The molecular formula is C12H19N3OS. The minimum absolute atomic E-state index is 0.0680. The lowest BCUT2D eigenvalue weighted by Gasteiger charge is -2.28. The van der Waals surface area contributed by atoms with Crippen LogP contribution in [0.15, 0.2) is 22.2 Å². The molecule has 0 amide bonds. The molecule has 0 spiro atoms. The molecule has 1 fully saturated rings. The van der Waals surface area contributed by atoms with Gasteiger partial charge in [0.1, 0.15) is 0 Å². The van der Waals surface area contributed by atoms with Crippen LogP contribution in [0.25, 0.3) is 0 Å². The summed E-state index contributed by atoms with van der Waals surface area (Å²) in [6.07, 6.45) is 6.48. The third-order valence-electron chi connectivity index (χ3n) is 3.05. The minimum Gasteiger partial charge on any atom is -0.314 e. The van der Waals surface area contributed by atoms with Crippen LogP contribution in [0.3, 0.4) is 0 Å². The molecule has 1 aromatic heterocycles. The first kappa shape index (κ1) is 12.6. The Balaban J connectivity index is 1.92. The first-order valence-electron chi connectivity index (χ1n) is 6.23. The van der Waals surface area contributed by atoms with Crippen LogP contribution in [0.1, 0.15) is 32.6 Å². The lowest BCUT2D eigenvalue weighted by atomic mass is 9.95. The Morgan fingerprint density at radius 1 is 1.59 bits per heavy atom. The van der Waals surface area contributed by atoms with E-state index in [1.165, 1.54) is 25.3 Å². The second-order valence-corrected chi connectivity index (χ2v) is 5.69. The first-order chi connectivity index (χ1) is 8.28. The third-order valence-corrected chi connectivity index (χ3v) is 4.24. The van der Waals surface area contributed by atoms with E-state index in [-0.39, 0.29) is 5.56 Å². The van der Waals surface area contributed by atoms with Gasteiger partial charge in [-0.15, -0.1) is 0 Å². The Hall–Kier alpha value is -0.810. The van der Waals surface area contributed by atoms with Crippen LogP contribution >= 0.6 is 11.8 Å². The van der Waals surface area contributed by atoms with Gasteiger partial charge in [0.05, 0.1) is 0 Å². The highest BCUT2D eigenvalue weighted by Gasteiger charge is 2.22. The van der Waals surface area contributed by atoms with Crippen LogP contribution in [-0.2, 0) is 0 Å². The number of rotatable bonds is 4. The maximum absolute atomic E-state index is 11.2. The predicted molar refractivity (Wildman–Crippen MR) is 70.4 cm³/mol. The van der Waals surface area contributed by atoms with Crippen molar-refractivity contribution in [1.82, 2.24) is 15.3 Å². The van der Waals surface area contributed by atoms with Crippen molar-refractivity contribution in [3.05, 3.63) is 22.6 Å². The van der Waals surface area contributed by atoms with Gasteiger partial charge < -0.3 is 10.3 Å². The van der Waals surface area contributed by atoms with Crippen LogP contribution < -0.4 is 10.9 Å². The van der Waals surface area contributed by atoms with Crippen LogP contribution in [0.4, 0.5) is 0 Å². The SMILES string of the molecule is CCNC1CCCC(Sc2nccc(=O)[nH]2)C1. The molecule has 1 heterocycles. The molecule has 0 radical (unpaired) electrons. The average Bonchev–Trinajstić information content (AvgIpc) is 2.30. The van der Waals surface area contributed by atoms with Crippen molar-refractivity contribution in [2.45, 2.75) is 49.1 Å². The number of nitrogens with zero attached hydrogens (tertiary/aromatic N) is 1. The standard InChI is InChI=1S/C12H19N3OS/c1-2-13-9-4-3-5-10(8-9)17-12-14-7-6-11(16)15-12/h6-7,9-10,13H,2-5,8H2,1H3,(H,14,15,16). The molecule has 0 aromatic carbocycles. The van der Waals surface area contributed by atoms with Crippen LogP contribution in [-0.4, -0.2) is 27.8 Å². The highest BCUT2D eigenvalue weighted by Crippen LogP contribution is 2.31. The van der Waals surface area contributed by atoms with Gasteiger partial charge in [-0.05, 0) is 25.8 Å². The van der Waals surface area contributed by atoms with E-state index in [2.05, 4.69) is 22.2 Å². The number of thioether (sulfide) groups is 1. The Bertz CT molecular complexity index is 405. The molecule has 0 bridgehead atoms. The van der Waals surface area contributed by atoms with Gasteiger partial charge in [0.2, 0.25) is 0 Å². The van der Waals surface area contributed by atoms with Crippen LogP contribution in [0, 0.1) is 0 Å². The zero-order chi connectivity index (χ0) is 12.1. The van der Waals surface area contributed by atoms with E-state index in [9.17, 15) is 4.79 Å². The zero-order valence-corrected chi connectivity index (χ0v) is 10.9. The fourth-order valence-corrected chi connectivity index (χ4v) is 3.51. The average molecular weight is 253 g/mol. The molecule has 94 valence electrons. The van der Waals surface area contributed by atoms with Gasteiger partial charge in [0, 0.05) is 23.6 Å². The molecule has 0 saturated heterocycles. The van der Waals surface area contributed by atoms with Crippen molar-refractivity contribution < 1.29 is 0 Å². The smallest absolute Gasteiger partial charge is 0.251 e. The molecule has 2 atom stereocenters. The summed E-state index contributed by atoms with van der Waals surface area (Å²) >= 11 is 1.70. The van der Waals surface area contributed by atoms with Crippen molar-refractivity contribution in [2.75, 3.05) is 6.54 Å². The highest BCUT2D eigenvalue weighted by atomic mass is 32.2. The zero-order valence-electron chi connectivity index (χ0n) is 10.1. The molecule has 0 aliphatic heterocycles. The summed E-state index contributed by atoms with van der Waals surface area (Å²) in [5.41, 5.74) is -0.0680. The predicted octanol–water partition coefficient (Wildman–Crippen LogP) is 1.78. The van der Waals surface area contributed by atoms with E-state index in [1.54, 1.807) is 18.0 Å². The molecule has 1 aromatic rings. The molecule has 2 rings (SSSR count). The van der Waals surface area contributed by atoms with Gasteiger partial charge in [-0.1, -0.05) is 25.1 Å². The van der Waals surface area contributed by atoms with E-state index in [4.69, 9.17) is 0 Å². The first-order valence-corrected chi connectivity index (χ1v) is 7.11. The van der Waals surface area contributed by atoms with Gasteiger partial charge in [0.15, 0.2) is 5.16 Å². The van der Waals surface area contributed by atoms with Crippen LogP contribution in [0.2, 0.25) is 0 Å². The van der Waals surface area contributed by atoms with E-state index in [0.29, 0.717) is 11.3 Å². The topological polar surface area (TPSA) is 57.8 Å². The summed E-state index contributed by atoms with van der Waals surface area (Å²) in [7, 11) is 0. The Morgan fingerprint density at radius 2 is 2.47 bits per heavy atom. The van der Waals surface area contributed by atoms with Crippen molar-refractivity contribution in [1.29, 1.82) is 0 Å². The van der Waals surface area contributed by atoms with Crippen LogP contribution in [0.5, 0.6) is 0 Å². The van der Waals surface area contributed by atoms with Crippen molar-refractivity contribution in [2.24, 2.45) is 0 Å². The van der Waals surface area contributed by atoms with Gasteiger partial charge in [-0.2, -0.15) is 0 Å². The van der Waals surface area contributed by atoms with E-state index in [1.807, 2.05) is 0 Å². The number of hydrogen-bond donors (Lipinski definition) is 2. The maximum Gasteiger partial charge on any atom is 0.251 e. The van der Waals surface area contributed by atoms with Crippen molar-refractivity contribution in [3.8, 4) is 0 Å². The van der Waals surface area contributed by atoms with Crippen molar-refractivity contribution in [3.63, 3.8) is 0 Å². The normalized spacial score (nSPS) is 24.8. The van der Waals surface area contributed by atoms with Gasteiger partial charge in [0.25, 0.3) is 5.56 Å².